The van der Waals surface area contributed by atoms with Crippen molar-refractivity contribution in [2.75, 3.05) is 0 Å². The lowest BCUT2D eigenvalue weighted by Gasteiger charge is -2.39. The van der Waals surface area contributed by atoms with Crippen LogP contribution in [0.5, 0.6) is 0 Å². The molecule has 0 aliphatic carbocycles. The van der Waals surface area contributed by atoms with E-state index in [1.807, 2.05) is 69.0 Å². The zero-order valence-electron chi connectivity index (χ0n) is 18.1. The number of nitrogens with zero attached hydrogens (tertiary/aromatic N) is 4. The minimum Gasteiger partial charge on any atom is -0.832 e. The molecule has 7 nitrogen and oxygen atoms in total. The van der Waals surface area contributed by atoms with Crippen molar-refractivity contribution in [2.24, 2.45) is 19.1 Å². The first-order chi connectivity index (χ1) is 15.8. The highest BCUT2D eigenvalue weighted by atomic mass is 79.9. The van der Waals surface area contributed by atoms with E-state index in [2.05, 4.69) is 15.9 Å². The van der Waals surface area contributed by atoms with E-state index in [0.717, 1.165) is 4.47 Å². The number of rotatable bonds is 6. The Morgan fingerprint density at radius 2 is 1.67 bits per heavy atom. The van der Waals surface area contributed by atoms with Gasteiger partial charge in [0.1, 0.15) is 12.4 Å². The molecule has 0 aliphatic heterocycles. The first-order valence-corrected chi connectivity index (χ1v) is 11.0. The van der Waals surface area contributed by atoms with Crippen molar-refractivity contribution < 1.29 is 14.6 Å². The van der Waals surface area contributed by atoms with Crippen molar-refractivity contribution in [1.82, 2.24) is 4.57 Å². The number of aryl methyl sites for hydroxylation is 2. The molecule has 0 saturated heterocycles. The lowest BCUT2D eigenvalue weighted by molar-refractivity contribution is -0.696. The number of hydrogen-bond donors (Lipinski definition) is 0. The lowest BCUT2D eigenvalue weighted by Crippen LogP contribution is -2.57. The van der Waals surface area contributed by atoms with Gasteiger partial charge < -0.3 is 5.11 Å². The fraction of sp³-hybridized carbons (Fsp3) is 0.120. The van der Waals surface area contributed by atoms with Crippen LogP contribution in [0.3, 0.4) is 0 Å². The smallest absolute Gasteiger partial charge is 0.269 e. The van der Waals surface area contributed by atoms with Crippen LogP contribution in [0, 0.1) is 10.1 Å². The average Bonchev–Trinajstić information content (AvgIpc) is 3.16. The lowest BCUT2D eigenvalue weighted by atomic mass is 9.83. The summed E-state index contributed by atoms with van der Waals surface area (Å²) in [6, 6.07) is 22.3. The monoisotopic (exact) mass is 504 g/mol. The van der Waals surface area contributed by atoms with Crippen molar-refractivity contribution >= 4 is 33.0 Å². The molecular weight excluding hydrogens is 484 g/mol. The number of nitro groups is 1. The number of nitro benzene ring substituents is 1. The Balaban J connectivity index is 2.04. The van der Waals surface area contributed by atoms with Gasteiger partial charge in [-0.2, -0.15) is 0 Å². The second kappa shape index (κ2) is 9.09. The fourth-order valence-electron chi connectivity index (χ4n) is 3.86. The van der Waals surface area contributed by atoms with Crippen LogP contribution in [-0.2, 0) is 19.7 Å². The minimum atomic E-state index is -1.92. The van der Waals surface area contributed by atoms with Gasteiger partial charge in [0, 0.05) is 16.6 Å². The zero-order valence-corrected chi connectivity index (χ0v) is 19.6. The maximum Gasteiger partial charge on any atom is 0.269 e. The summed E-state index contributed by atoms with van der Waals surface area (Å²) in [6.45, 7) is 0. The number of para-hydroxylation sites is 1. The van der Waals surface area contributed by atoms with E-state index in [1.165, 1.54) is 12.1 Å². The molecule has 1 heterocycles. The van der Waals surface area contributed by atoms with Crippen molar-refractivity contribution in [3.05, 3.63) is 123 Å². The summed E-state index contributed by atoms with van der Waals surface area (Å²) in [7, 11) is 3.63. The summed E-state index contributed by atoms with van der Waals surface area (Å²) in [5, 5.41) is 26.3. The van der Waals surface area contributed by atoms with Crippen LogP contribution in [0.25, 0.3) is 0 Å². The van der Waals surface area contributed by atoms with Crippen molar-refractivity contribution in [2.45, 2.75) is 5.60 Å². The molecule has 166 valence electrons. The largest absolute Gasteiger partial charge is 0.832 e. The molecule has 0 saturated carbocycles. The molecule has 33 heavy (non-hydrogen) atoms. The number of aromatic nitrogens is 2. The molecule has 0 radical (unpaired) electrons. The molecule has 0 fully saturated rings. The fourth-order valence-corrected chi connectivity index (χ4v) is 4.13. The Kier molecular flexibility index (Phi) is 6.22. The average molecular weight is 505 g/mol. The predicted molar refractivity (Wildman–Crippen MR) is 127 cm³/mol. The predicted octanol–water partition coefficient (Wildman–Crippen LogP) is 3.95. The third kappa shape index (κ3) is 4.35. The van der Waals surface area contributed by atoms with Crippen LogP contribution in [-0.4, -0.2) is 15.2 Å². The summed E-state index contributed by atoms with van der Waals surface area (Å²) in [4.78, 5) is 15.5. The third-order valence-electron chi connectivity index (χ3n) is 5.43. The molecule has 0 N–H and O–H groups in total. The summed E-state index contributed by atoms with van der Waals surface area (Å²) < 4.78 is 4.41. The Morgan fingerprint density at radius 1 is 1.03 bits per heavy atom. The Hall–Kier alpha value is -3.62. The van der Waals surface area contributed by atoms with Gasteiger partial charge in [-0.3, -0.25) is 15.1 Å². The number of benzene rings is 3. The van der Waals surface area contributed by atoms with Gasteiger partial charge in [0.25, 0.3) is 11.5 Å². The van der Waals surface area contributed by atoms with E-state index in [9.17, 15) is 10.1 Å². The van der Waals surface area contributed by atoms with E-state index in [-0.39, 0.29) is 11.4 Å². The van der Waals surface area contributed by atoms with E-state index in [0.29, 0.717) is 22.6 Å². The summed E-state index contributed by atoms with van der Waals surface area (Å²) >= 11 is 3.44. The summed E-state index contributed by atoms with van der Waals surface area (Å²) in [5.41, 5.74) is -0.120. The van der Waals surface area contributed by atoms with Crippen LogP contribution >= 0.6 is 15.9 Å². The zero-order chi connectivity index (χ0) is 23.6. The molecule has 0 bridgehead atoms. The summed E-state index contributed by atoms with van der Waals surface area (Å²) in [5.74, 6) is 0.470. The van der Waals surface area contributed by atoms with Gasteiger partial charge in [0.15, 0.2) is 0 Å². The van der Waals surface area contributed by atoms with Gasteiger partial charge in [0.2, 0.25) is 0 Å². The topological polar surface area (TPSA) is 87.4 Å². The molecule has 4 rings (SSSR count). The number of non-ortho nitro benzene ring substituents is 1. The maximum absolute atomic E-state index is 15.1. The molecule has 1 unspecified atom stereocenters. The van der Waals surface area contributed by atoms with E-state index in [4.69, 9.17) is 4.99 Å². The molecular formula is C25H21BrN4O3. The van der Waals surface area contributed by atoms with Crippen molar-refractivity contribution in [1.29, 1.82) is 0 Å². The van der Waals surface area contributed by atoms with Crippen LogP contribution < -0.4 is 9.67 Å². The van der Waals surface area contributed by atoms with Crippen LogP contribution in [0.15, 0.2) is 101 Å². The molecule has 4 aromatic rings. The number of halogens is 1. The summed E-state index contributed by atoms with van der Waals surface area (Å²) in [6.07, 6.45) is 3.63. The van der Waals surface area contributed by atoms with Crippen molar-refractivity contribution in [3.63, 3.8) is 0 Å². The van der Waals surface area contributed by atoms with Gasteiger partial charge >= 0.3 is 0 Å². The highest BCUT2D eigenvalue weighted by Gasteiger charge is 2.38. The Labute approximate surface area is 199 Å². The normalized spacial score (nSPS) is 13.5. The molecule has 3 aromatic carbocycles. The number of aliphatic imine (C=N–C) groups is 1. The Morgan fingerprint density at radius 3 is 2.21 bits per heavy atom. The van der Waals surface area contributed by atoms with E-state index in [1.54, 1.807) is 33.4 Å². The molecule has 1 aromatic heterocycles. The molecule has 8 heteroatoms. The molecule has 0 spiro atoms. The van der Waals surface area contributed by atoms with Gasteiger partial charge in [0.05, 0.1) is 36.0 Å². The second-order valence-corrected chi connectivity index (χ2v) is 8.55. The van der Waals surface area contributed by atoms with Crippen LogP contribution in [0.2, 0.25) is 0 Å². The minimum absolute atomic E-state index is 0.0534. The van der Waals surface area contributed by atoms with Gasteiger partial charge in [-0.1, -0.05) is 46.3 Å². The third-order valence-corrected chi connectivity index (χ3v) is 5.96. The molecule has 0 aliphatic rings. The number of imidazole rings is 1. The highest BCUT2D eigenvalue weighted by molar-refractivity contribution is 9.10. The SMILES string of the molecule is Cn1cc[n+](C)c1C([O-])(C(=Nc1ccccc1)c1ccc([N+](=O)[O-])cc1)c1ccc(Br)cc1. The first-order valence-electron chi connectivity index (χ1n) is 10.2. The van der Waals surface area contributed by atoms with Crippen LogP contribution in [0.4, 0.5) is 11.4 Å². The highest BCUT2D eigenvalue weighted by Crippen LogP contribution is 2.32. The quantitative estimate of drug-likeness (QED) is 0.172. The van der Waals surface area contributed by atoms with Crippen LogP contribution in [0.1, 0.15) is 17.0 Å². The standard InChI is InChI=1S/C25H21BrN4O3/c1-28-16-17-29(2)24(28)25(31,19-10-12-20(26)13-11-19)23(27-21-6-4-3-5-7-21)18-8-14-22(15-9-18)30(32)33/h3-17H,1-2H3. The maximum atomic E-state index is 15.1. The molecule has 0 amide bonds. The van der Waals surface area contributed by atoms with E-state index >= 15 is 5.11 Å². The number of hydrogen-bond acceptors (Lipinski definition) is 4. The van der Waals surface area contributed by atoms with Gasteiger partial charge in [-0.25, -0.2) is 9.13 Å². The van der Waals surface area contributed by atoms with Crippen molar-refractivity contribution in [3.8, 4) is 0 Å². The van der Waals surface area contributed by atoms with Gasteiger partial charge in [-0.15, -0.1) is 0 Å². The second-order valence-electron chi connectivity index (χ2n) is 7.63. The Bertz CT molecular complexity index is 1300. The van der Waals surface area contributed by atoms with E-state index < -0.39 is 10.5 Å². The first kappa shape index (κ1) is 22.6. The molecule has 1 atom stereocenters. The van der Waals surface area contributed by atoms with Gasteiger partial charge in [-0.05, 0) is 47.5 Å².